The van der Waals surface area contributed by atoms with Gasteiger partial charge in [-0.25, -0.2) is 0 Å². The zero-order chi connectivity index (χ0) is 9.86. The molecule has 1 N–H and O–H groups in total. The van der Waals surface area contributed by atoms with Gasteiger partial charge in [-0.3, -0.25) is 0 Å². The first-order chi connectivity index (χ1) is 5.18. The van der Waals surface area contributed by atoms with Crippen molar-refractivity contribution in [3.05, 3.63) is 0 Å². The van der Waals surface area contributed by atoms with E-state index in [2.05, 4.69) is 4.40 Å². The summed E-state index contributed by atoms with van der Waals surface area (Å²) in [4.78, 5) is 9.86. The molecule has 0 aliphatic heterocycles. The van der Waals surface area contributed by atoms with E-state index in [0.717, 1.165) is 38.7 Å². The first-order valence-corrected chi connectivity index (χ1v) is 26.6. The Morgan fingerprint density at radius 3 is 0.654 bits per heavy atom. The Morgan fingerprint density at radius 2 is 0.654 bits per heavy atom. The summed E-state index contributed by atoms with van der Waals surface area (Å²) >= 11 is 8.71. The molecular formula is C3HO2W21-. The number of carbonyl (C=O) groups is 1. The number of rotatable bonds is 2. The standard InChI is InChI=1S/C3HO2.21W/c1-2-3(4)5;;;;;;;;;;;;;;;;;;;;;/h(H,4,5);;;;;;;;;;;;;;;;;;;;;/q-1;;;;;;;;;;;;;;;;;;;;;. The molecule has 0 radical (unpaired) electrons. The summed E-state index contributed by atoms with van der Waals surface area (Å²) < 4.78 is 2.99. The molecule has 0 aromatic heterocycles. The van der Waals surface area contributed by atoms with E-state index >= 15 is 0 Å². The molecule has 0 amide bonds. The molecule has 0 atom stereocenters. The van der Waals surface area contributed by atoms with E-state index in [-0.39, 0.29) is 316 Å². The van der Waals surface area contributed by atoms with E-state index in [1.165, 1.54) is 0 Å². The van der Waals surface area contributed by atoms with Crippen LogP contribution in [0.2, 0.25) is 0 Å². The van der Waals surface area contributed by atoms with Gasteiger partial charge in [0.1, 0.15) is 0 Å². The summed E-state index contributed by atoms with van der Waals surface area (Å²) in [5.41, 5.74) is 0. The Morgan fingerprint density at radius 1 is 0.538 bits per heavy atom. The van der Waals surface area contributed by atoms with Gasteiger partial charge in [-0.05, 0) is 0 Å². The van der Waals surface area contributed by atoms with Gasteiger partial charge in [-0.2, -0.15) is 0 Å². The van der Waals surface area contributed by atoms with Crippen LogP contribution in [0.5, 0.6) is 0 Å². The first-order valence-electron chi connectivity index (χ1n) is 1.67. The van der Waals surface area contributed by atoms with E-state index in [9.17, 15) is 4.79 Å². The van der Waals surface area contributed by atoms with Crippen LogP contribution in [-0.2, 0) is 424 Å². The van der Waals surface area contributed by atoms with E-state index in [4.69, 9.17) is 5.11 Å². The second-order valence-electron chi connectivity index (χ2n) is 0.736. The van der Waals surface area contributed by atoms with Gasteiger partial charge in [0.15, 0.2) is 0 Å². The molecule has 26 heavy (non-hydrogen) atoms. The molecule has 0 aromatic carbocycles. The third-order valence-corrected chi connectivity index (χ3v) is 4.03. The fourth-order valence-corrected chi connectivity index (χ4v) is 0.357. The molecule has 0 spiro atoms. The maximum atomic E-state index is 9.86. The number of hydrogen-bond donors (Lipinski definition) is 1. The van der Waals surface area contributed by atoms with Crippen molar-refractivity contribution in [3.63, 3.8) is 0 Å². The molecule has 0 saturated heterocycles. The minimum absolute atomic E-state index is 0. The molecule has 0 bridgehead atoms. The molecule has 152 valence electrons. The average molecular weight is 3930 g/mol. The SMILES string of the molecule is O=C(O)[C](=[W])[C-]=[W].[W].[W].[W].[W].[W].[W].[W].[W].[W].[W].[W].[W].[W].[W].[W].[W]=[W].[W]=[W]. The van der Waals surface area contributed by atoms with Gasteiger partial charge in [0.25, 0.3) is 0 Å². The van der Waals surface area contributed by atoms with E-state index in [0.29, 0.717) is 3.90 Å². The Kier molecular flexibility index (Phi) is 624. The number of aliphatic carboxylic acids is 1. The monoisotopic (exact) mass is 3930 g/mol. The van der Waals surface area contributed by atoms with Crippen molar-refractivity contribution < 1.29 is 429 Å². The van der Waals surface area contributed by atoms with Crippen LogP contribution in [0.1, 0.15) is 0 Å². The summed E-state index contributed by atoms with van der Waals surface area (Å²) in [6, 6.07) is 0. The van der Waals surface area contributed by atoms with Crippen LogP contribution in [-0.4, -0.2) is 19.4 Å². The molecule has 0 heterocycles. The van der Waals surface area contributed by atoms with Gasteiger partial charge in [0.2, 0.25) is 0 Å². The van der Waals surface area contributed by atoms with E-state index in [1.807, 2.05) is 0 Å². The van der Waals surface area contributed by atoms with Crippen LogP contribution in [0.4, 0.5) is 0 Å². The van der Waals surface area contributed by atoms with Gasteiger partial charge >= 0.3 is 128 Å². The fourth-order valence-electron chi connectivity index (χ4n) is 0.0437. The predicted octanol–water partition coefficient (Wildman–Crippen LogP) is -1.03. The van der Waals surface area contributed by atoms with Crippen molar-refractivity contribution in [2.45, 2.75) is 0 Å². The summed E-state index contributed by atoms with van der Waals surface area (Å²) in [5.74, 6) is -0.843. The molecule has 0 unspecified atom stereocenters. The van der Waals surface area contributed by atoms with Crippen molar-refractivity contribution in [2.75, 3.05) is 0 Å². The van der Waals surface area contributed by atoms with Crippen LogP contribution < -0.4 is 0 Å². The Labute approximate surface area is 431 Å². The van der Waals surface area contributed by atoms with Crippen molar-refractivity contribution in [3.8, 4) is 0 Å². The summed E-state index contributed by atoms with van der Waals surface area (Å²) in [6.45, 7) is 0. The Bertz CT molecular complexity index is 150. The molecule has 2 nitrogen and oxygen atoms in total. The number of carboxylic acid groups (broad SMARTS) is 1. The average Bonchev–Trinajstić information content (AvgIpc) is 2.10. The van der Waals surface area contributed by atoms with Crippen molar-refractivity contribution in [1.82, 2.24) is 0 Å². The number of carboxylic acids is 1. The predicted molar refractivity (Wildman–Crippen MR) is 17.6 cm³/mol. The molecule has 0 aliphatic carbocycles. The number of hydrogen-bond acceptors (Lipinski definition) is 1. The first kappa shape index (κ1) is 126. The Balaban J connectivity index is -0.00000000200. The Hall–Kier alpha value is 13.7. The third-order valence-electron chi connectivity index (χ3n) is 0.287. The quantitative estimate of drug-likeness (QED) is 0.360. The molecule has 0 rings (SSSR count). The molecule has 23 heteroatoms. The van der Waals surface area contributed by atoms with Gasteiger partial charge in [0.05, 0.1) is 0 Å². The summed E-state index contributed by atoms with van der Waals surface area (Å²) in [7, 11) is 0. The maximum absolute atomic E-state index is 9.86. The van der Waals surface area contributed by atoms with Crippen LogP contribution in [0.3, 0.4) is 0 Å². The topological polar surface area (TPSA) is 37.3 Å². The summed E-state index contributed by atoms with van der Waals surface area (Å²) in [6.07, 6.45) is 0. The minimum atomic E-state index is -0.843. The van der Waals surface area contributed by atoms with E-state index in [1.54, 1.807) is 64.9 Å². The van der Waals surface area contributed by atoms with Gasteiger partial charge < -0.3 is 0 Å². The molecular weight excluding hydrogens is 3930 g/mol. The van der Waals surface area contributed by atoms with Gasteiger partial charge in [0, 0.05) is 316 Å². The van der Waals surface area contributed by atoms with Crippen LogP contribution in [0.25, 0.3) is 0 Å². The van der Waals surface area contributed by atoms with Crippen molar-refractivity contribution in [2.24, 2.45) is 0 Å². The van der Waals surface area contributed by atoms with Crippen molar-refractivity contribution in [1.29, 1.82) is 0 Å². The molecule has 0 aromatic rings. The van der Waals surface area contributed by atoms with E-state index < -0.39 is 5.97 Å². The van der Waals surface area contributed by atoms with Gasteiger partial charge in [-0.1, -0.05) is 0 Å². The van der Waals surface area contributed by atoms with Crippen LogP contribution in [0.15, 0.2) is 0 Å². The third kappa shape index (κ3) is 131. The molecule has 0 saturated carbocycles. The van der Waals surface area contributed by atoms with Gasteiger partial charge in [-0.15, -0.1) is 0 Å². The van der Waals surface area contributed by atoms with Crippen LogP contribution in [0, 0.1) is 0 Å². The second-order valence-corrected chi connectivity index (χ2v) is 2.94. The second kappa shape index (κ2) is 128. The normalized spacial score (nSPS) is 2.31. The molecule has 0 aliphatic rings. The summed E-state index contributed by atoms with van der Waals surface area (Å²) in [5, 5.41) is 8.12. The fraction of sp³-hybridized carbons (Fsp3) is 0. The zero-order valence-corrected chi connectivity index (χ0v) is 72.5. The van der Waals surface area contributed by atoms with Crippen molar-refractivity contribution >= 4 is 14.3 Å². The zero-order valence-electron chi connectivity index (χ0n) is 10.9. The van der Waals surface area contributed by atoms with Crippen LogP contribution >= 0.6 is 0 Å². The molecule has 0 fully saturated rings.